The lowest BCUT2D eigenvalue weighted by Gasteiger charge is -2.08. The van der Waals surface area contributed by atoms with E-state index in [9.17, 15) is 4.79 Å². The van der Waals surface area contributed by atoms with E-state index >= 15 is 0 Å². The van der Waals surface area contributed by atoms with Crippen molar-refractivity contribution in [2.45, 2.75) is 33.7 Å². The number of ether oxygens (including phenoxy) is 1. The summed E-state index contributed by atoms with van der Waals surface area (Å²) in [5.41, 5.74) is 3.57. The van der Waals surface area contributed by atoms with Gasteiger partial charge in [0.2, 0.25) is 5.91 Å². The number of amides is 1. The summed E-state index contributed by atoms with van der Waals surface area (Å²) in [4.78, 5) is 13.0. The molecule has 2 aromatic rings. The van der Waals surface area contributed by atoms with Crippen LogP contribution in [0.2, 0.25) is 0 Å². The molecule has 112 valence electrons. The van der Waals surface area contributed by atoms with E-state index in [-0.39, 0.29) is 5.91 Å². The first-order valence-corrected chi connectivity index (χ1v) is 7.93. The molecule has 0 saturated heterocycles. The number of thiophene rings is 1. The van der Waals surface area contributed by atoms with Gasteiger partial charge < -0.3 is 10.1 Å². The van der Waals surface area contributed by atoms with Gasteiger partial charge in [0.15, 0.2) is 0 Å². The Morgan fingerprint density at radius 2 is 1.90 bits per heavy atom. The number of nitrogens with one attached hydrogen (secondary N) is 1. The fourth-order valence-electron chi connectivity index (χ4n) is 2.13. The van der Waals surface area contributed by atoms with E-state index in [4.69, 9.17) is 4.74 Å². The Morgan fingerprint density at radius 3 is 2.52 bits per heavy atom. The van der Waals surface area contributed by atoms with Crippen LogP contribution in [0.5, 0.6) is 5.75 Å². The molecule has 0 unspecified atom stereocenters. The lowest BCUT2D eigenvalue weighted by Crippen LogP contribution is -2.24. The third kappa shape index (κ3) is 4.90. The maximum atomic E-state index is 11.8. The monoisotopic (exact) mass is 303 g/mol. The van der Waals surface area contributed by atoms with Crippen molar-refractivity contribution in [3.8, 4) is 5.75 Å². The number of hydrogen-bond donors (Lipinski definition) is 1. The van der Waals surface area contributed by atoms with Crippen molar-refractivity contribution < 1.29 is 9.53 Å². The maximum absolute atomic E-state index is 11.8. The van der Waals surface area contributed by atoms with Crippen molar-refractivity contribution in [1.29, 1.82) is 0 Å². The molecular formula is C17H21NO2S. The molecule has 1 amide bonds. The molecule has 3 nitrogen and oxygen atoms in total. The highest BCUT2D eigenvalue weighted by molar-refractivity contribution is 7.10. The standard InChI is InChI=1S/C17H21NO2S/c1-12-8-13(2)10-15(9-12)20-6-4-17(19)18-11-16-14(3)5-7-21-16/h5,7-10H,4,6,11H2,1-3H3,(H,18,19). The molecule has 1 aromatic heterocycles. The largest absolute Gasteiger partial charge is 0.493 e. The third-order valence-electron chi connectivity index (χ3n) is 3.21. The van der Waals surface area contributed by atoms with Crippen LogP contribution in [0.25, 0.3) is 0 Å². The fourth-order valence-corrected chi connectivity index (χ4v) is 2.98. The summed E-state index contributed by atoms with van der Waals surface area (Å²) in [5.74, 6) is 0.849. The topological polar surface area (TPSA) is 38.3 Å². The normalized spacial score (nSPS) is 10.4. The molecule has 0 aliphatic rings. The molecule has 0 atom stereocenters. The predicted octanol–water partition coefficient (Wildman–Crippen LogP) is 3.76. The van der Waals surface area contributed by atoms with Crippen molar-refractivity contribution in [2.24, 2.45) is 0 Å². The van der Waals surface area contributed by atoms with Gasteiger partial charge in [-0.3, -0.25) is 4.79 Å². The third-order valence-corrected chi connectivity index (χ3v) is 4.23. The molecule has 0 radical (unpaired) electrons. The maximum Gasteiger partial charge on any atom is 0.223 e. The number of rotatable bonds is 6. The molecule has 2 rings (SSSR count). The van der Waals surface area contributed by atoms with Crippen molar-refractivity contribution >= 4 is 17.2 Å². The number of aryl methyl sites for hydroxylation is 3. The molecule has 21 heavy (non-hydrogen) atoms. The van der Waals surface area contributed by atoms with Crippen molar-refractivity contribution in [3.63, 3.8) is 0 Å². The highest BCUT2D eigenvalue weighted by Crippen LogP contribution is 2.16. The Balaban J connectivity index is 1.73. The van der Waals surface area contributed by atoms with Crippen LogP contribution in [0.3, 0.4) is 0 Å². The van der Waals surface area contributed by atoms with Gasteiger partial charge >= 0.3 is 0 Å². The zero-order chi connectivity index (χ0) is 15.2. The predicted molar refractivity (Wildman–Crippen MR) is 86.9 cm³/mol. The minimum Gasteiger partial charge on any atom is -0.493 e. The first-order chi connectivity index (χ1) is 10.0. The van der Waals surface area contributed by atoms with E-state index < -0.39 is 0 Å². The minimum absolute atomic E-state index is 0.0205. The summed E-state index contributed by atoms with van der Waals surface area (Å²) in [6.45, 7) is 7.14. The summed E-state index contributed by atoms with van der Waals surface area (Å²) in [6.07, 6.45) is 0.372. The van der Waals surface area contributed by atoms with Crippen LogP contribution in [-0.2, 0) is 11.3 Å². The van der Waals surface area contributed by atoms with Gasteiger partial charge in [-0.05, 0) is 61.0 Å². The SMILES string of the molecule is Cc1cc(C)cc(OCCC(=O)NCc2sccc2C)c1. The van der Waals surface area contributed by atoms with Gasteiger partial charge in [-0.15, -0.1) is 11.3 Å². The summed E-state index contributed by atoms with van der Waals surface area (Å²) in [6, 6.07) is 8.14. The van der Waals surface area contributed by atoms with E-state index in [0.29, 0.717) is 19.6 Å². The number of carbonyl (C=O) groups excluding carboxylic acids is 1. The molecule has 1 N–H and O–H groups in total. The molecule has 1 heterocycles. The van der Waals surface area contributed by atoms with Gasteiger partial charge in [0.1, 0.15) is 5.75 Å². The quantitative estimate of drug-likeness (QED) is 0.882. The van der Waals surface area contributed by atoms with Gasteiger partial charge in [0.05, 0.1) is 19.6 Å². The van der Waals surface area contributed by atoms with Crippen LogP contribution in [0, 0.1) is 20.8 Å². The zero-order valence-electron chi connectivity index (χ0n) is 12.7. The zero-order valence-corrected chi connectivity index (χ0v) is 13.5. The molecule has 0 saturated carbocycles. The van der Waals surface area contributed by atoms with Crippen LogP contribution >= 0.6 is 11.3 Å². The second-order valence-corrected chi connectivity index (χ2v) is 6.23. The molecule has 1 aromatic carbocycles. The van der Waals surface area contributed by atoms with E-state index in [1.165, 1.54) is 21.6 Å². The molecule has 0 aliphatic carbocycles. The number of hydrogen-bond acceptors (Lipinski definition) is 3. The van der Waals surface area contributed by atoms with Crippen molar-refractivity contribution in [2.75, 3.05) is 6.61 Å². The summed E-state index contributed by atoms with van der Waals surface area (Å²) in [5, 5.41) is 4.97. The summed E-state index contributed by atoms with van der Waals surface area (Å²) >= 11 is 1.67. The Hall–Kier alpha value is -1.81. The molecular weight excluding hydrogens is 282 g/mol. The lowest BCUT2D eigenvalue weighted by molar-refractivity contribution is -0.121. The van der Waals surface area contributed by atoms with Crippen LogP contribution in [0.4, 0.5) is 0 Å². The highest BCUT2D eigenvalue weighted by Gasteiger charge is 2.05. The van der Waals surface area contributed by atoms with E-state index in [2.05, 4.69) is 24.4 Å². The Labute approximate surface area is 130 Å². The lowest BCUT2D eigenvalue weighted by atomic mass is 10.1. The molecule has 4 heteroatoms. The fraction of sp³-hybridized carbons (Fsp3) is 0.353. The van der Waals surface area contributed by atoms with Crippen molar-refractivity contribution in [1.82, 2.24) is 5.32 Å². The molecule has 0 bridgehead atoms. The minimum atomic E-state index is 0.0205. The Kier molecular flexibility index (Phi) is 5.39. The number of carbonyl (C=O) groups is 1. The van der Waals surface area contributed by atoms with Gasteiger partial charge in [-0.2, -0.15) is 0 Å². The summed E-state index contributed by atoms with van der Waals surface area (Å²) < 4.78 is 5.64. The van der Waals surface area contributed by atoms with Gasteiger partial charge in [0, 0.05) is 4.88 Å². The first kappa shape index (κ1) is 15.6. The van der Waals surface area contributed by atoms with Crippen LogP contribution in [0.1, 0.15) is 28.0 Å². The highest BCUT2D eigenvalue weighted by atomic mass is 32.1. The average Bonchev–Trinajstić information content (AvgIpc) is 2.81. The van der Waals surface area contributed by atoms with Gasteiger partial charge in [-0.1, -0.05) is 6.07 Å². The van der Waals surface area contributed by atoms with E-state index in [0.717, 1.165) is 5.75 Å². The summed E-state index contributed by atoms with van der Waals surface area (Å²) in [7, 11) is 0. The molecule has 0 spiro atoms. The van der Waals surface area contributed by atoms with Gasteiger partial charge in [0.25, 0.3) is 0 Å². The second kappa shape index (κ2) is 7.27. The number of benzene rings is 1. The van der Waals surface area contributed by atoms with Crippen LogP contribution < -0.4 is 10.1 Å². The van der Waals surface area contributed by atoms with E-state index in [1.807, 2.05) is 31.4 Å². The van der Waals surface area contributed by atoms with Crippen LogP contribution in [0.15, 0.2) is 29.6 Å². The van der Waals surface area contributed by atoms with E-state index in [1.54, 1.807) is 11.3 Å². The average molecular weight is 303 g/mol. The van der Waals surface area contributed by atoms with Gasteiger partial charge in [-0.25, -0.2) is 0 Å². The first-order valence-electron chi connectivity index (χ1n) is 7.05. The Morgan fingerprint density at radius 1 is 1.19 bits per heavy atom. The molecule has 0 aliphatic heterocycles. The van der Waals surface area contributed by atoms with Crippen molar-refractivity contribution in [3.05, 3.63) is 51.2 Å². The molecule has 0 fully saturated rings. The smallest absolute Gasteiger partial charge is 0.223 e. The second-order valence-electron chi connectivity index (χ2n) is 5.23. The Bertz CT molecular complexity index is 599. The van der Waals surface area contributed by atoms with Crippen LogP contribution in [-0.4, -0.2) is 12.5 Å².